The van der Waals surface area contributed by atoms with E-state index in [0.29, 0.717) is 13.1 Å². The van der Waals surface area contributed by atoms with Gasteiger partial charge in [-0.05, 0) is 24.5 Å². The van der Waals surface area contributed by atoms with Crippen molar-refractivity contribution in [2.24, 2.45) is 5.92 Å². The molecule has 4 nitrogen and oxygen atoms in total. The van der Waals surface area contributed by atoms with Gasteiger partial charge >= 0.3 is 0 Å². The maximum Gasteiger partial charge on any atom is 0.246 e. The highest BCUT2D eigenvalue weighted by atomic mass is 32.2. The second-order valence-electron chi connectivity index (χ2n) is 4.75. The van der Waals surface area contributed by atoms with Gasteiger partial charge in [-0.25, -0.2) is 17.2 Å². The van der Waals surface area contributed by atoms with E-state index in [2.05, 4.69) is 0 Å². The minimum atomic E-state index is -3.97. The summed E-state index contributed by atoms with van der Waals surface area (Å²) >= 11 is 0. The lowest BCUT2D eigenvalue weighted by molar-refractivity contribution is 0.267. The number of benzene rings is 1. The number of halogens is 2. The summed E-state index contributed by atoms with van der Waals surface area (Å²) in [6.45, 7) is 1.69. The van der Waals surface area contributed by atoms with Gasteiger partial charge in [0.1, 0.15) is 10.7 Å². The summed E-state index contributed by atoms with van der Waals surface area (Å²) in [7, 11) is -3.97. The van der Waals surface area contributed by atoms with E-state index in [1.807, 2.05) is 6.92 Å². The Hall–Kier alpha value is -1.05. The topological polar surface area (TPSA) is 57.6 Å². The second kappa shape index (κ2) is 5.15. The van der Waals surface area contributed by atoms with Crippen molar-refractivity contribution in [3.63, 3.8) is 0 Å². The van der Waals surface area contributed by atoms with E-state index in [-0.39, 0.29) is 5.92 Å². The number of aliphatic hydroxyl groups is 1. The van der Waals surface area contributed by atoms with E-state index >= 15 is 0 Å². The lowest BCUT2D eigenvalue weighted by Gasteiger charge is -2.17. The van der Waals surface area contributed by atoms with Gasteiger partial charge in [-0.2, -0.15) is 4.31 Å². The molecule has 1 atom stereocenters. The Balaban J connectivity index is 2.47. The number of nitrogens with zero attached hydrogens (tertiary/aromatic N) is 1. The number of hydrogen-bond acceptors (Lipinski definition) is 3. The fraction of sp³-hybridized carbons (Fsp3) is 0.500. The predicted octanol–water partition coefficient (Wildman–Crippen LogP) is 1.49. The van der Waals surface area contributed by atoms with Gasteiger partial charge in [-0.1, -0.05) is 6.92 Å². The zero-order valence-corrected chi connectivity index (χ0v) is 11.3. The lowest BCUT2D eigenvalue weighted by Crippen LogP contribution is -2.29. The predicted molar refractivity (Wildman–Crippen MR) is 64.8 cm³/mol. The van der Waals surface area contributed by atoms with Crippen molar-refractivity contribution < 1.29 is 22.3 Å². The molecule has 0 spiro atoms. The molecule has 106 valence electrons. The van der Waals surface area contributed by atoms with Gasteiger partial charge in [0.25, 0.3) is 0 Å². The maximum absolute atomic E-state index is 14.0. The summed E-state index contributed by atoms with van der Waals surface area (Å²) in [6.07, 6.45) is 0.717. The van der Waals surface area contributed by atoms with Crippen molar-refractivity contribution in [3.05, 3.63) is 29.3 Å². The third kappa shape index (κ3) is 2.50. The molecule has 0 saturated carbocycles. The normalized spacial score (nSPS) is 20.9. The van der Waals surface area contributed by atoms with Gasteiger partial charge in [-0.15, -0.1) is 0 Å². The molecular formula is C12H15F2NO3S. The van der Waals surface area contributed by atoms with Crippen LogP contribution < -0.4 is 0 Å². The molecule has 1 N–H and O–H groups in total. The Labute approximate surface area is 110 Å². The third-order valence-corrected chi connectivity index (χ3v) is 5.20. The minimum absolute atomic E-state index is 0.218. The fourth-order valence-electron chi connectivity index (χ4n) is 2.17. The molecule has 0 aliphatic carbocycles. The molecule has 1 aliphatic rings. The van der Waals surface area contributed by atoms with Crippen LogP contribution in [0.15, 0.2) is 17.0 Å². The molecule has 1 aliphatic heterocycles. The van der Waals surface area contributed by atoms with Crippen LogP contribution in [-0.2, 0) is 16.6 Å². The number of sulfonamides is 1. The van der Waals surface area contributed by atoms with Gasteiger partial charge in [0.05, 0.1) is 12.2 Å². The van der Waals surface area contributed by atoms with Crippen molar-refractivity contribution in [1.82, 2.24) is 4.31 Å². The molecule has 1 unspecified atom stereocenters. The fourth-order valence-corrected chi connectivity index (χ4v) is 3.84. The standard InChI is InChI=1S/C12H15F2NO3S/c1-8-4-5-15(6-8)19(17,18)11-3-2-10(13)9(7-16)12(11)14/h2-3,8,16H,4-7H2,1H3. The maximum atomic E-state index is 14.0. The monoisotopic (exact) mass is 291 g/mol. The van der Waals surface area contributed by atoms with E-state index in [0.717, 1.165) is 18.6 Å². The van der Waals surface area contributed by atoms with Gasteiger partial charge in [0.2, 0.25) is 10.0 Å². The largest absolute Gasteiger partial charge is 0.391 e. The molecule has 1 aromatic rings. The molecule has 0 amide bonds. The van der Waals surface area contributed by atoms with Crippen molar-refractivity contribution in [2.45, 2.75) is 24.8 Å². The summed E-state index contributed by atoms with van der Waals surface area (Å²) < 4.78 is 52.9. The van der Waals surface area contributed by atoms with Crippen LogP contribution in [0.25, 0.3) is 0 Å². The van der Waals surface area contributed by atoms with Crippen LogP contribution in [0.5, 0.6) is 0 Å². The molecule has 19 heavy (non-hydrogen) atoms. The summed E-state index contributed by atoms with van der Waals surface area (Å²) in [5.41, 5.74) is -0.617. The van der Waals surface area contributed by atoms with Crippen molar-refractivity contribution in [2.75, 3.05) is 13.1 Å². The molecule has 7 heteroatoms. The van der Waals surface area contributed by atoms with Crippen molar-refractivity contribution in [1.29, 1.82) is 0 Å². The molecule has 1 aromatic carbocycles. The number of hydrogen-bond donors (Lipinski definition) is 1. The lowest BCUT2D eigenvalue weighted by atomic mass is 10.2. The summed E-state index contributed by atoms with van der Waals surface area (Å²) in [5, 5.41) is 8.91. The van der Waals surface area contributed by atoms with Crippen LogP contribution in [0, 0.1) is 17.6 Å². The van der Waals surface area contributed by atoms with E-state index < -0.39 is 38.7 Å². The minimum Gasteiger partial charge on any atom is -0.391 e. The highest BCUT2D eigenvalue weighted by Gasteiger charge is 2.33. The summed E-state index contributed by atoms with van der Waals surface area (Å²) in [5.74, 6) is -1.94. The van der Waals surface area contributed by atoms with Crippen LogP contribution >= 0.6 is 0 Å². The van der Waals surface area contributed by atoms with Crippen molar-refractivity contribution in [3.8, 4) is 0 Å². The van der Waals surface area contributed by atoms with Crippen LogP contribution in [0.2, 0.25) is 0 Å². The van der Waals surface area contributed by atoms with E-state index in [1.54, 1.807) is 0 Å². The molecule has 1 fully saturated rings. The average Bonchev–Trinajstić information content (AvgIpc) is 2.77. The van der Waals surface area contributed by atoms with Crippen molar-refractivity contribution >= 4 is 10.0 Å². The van der Waals surface area contributed by atoms with Gasteiger partial charge in [0, 0.05) is 13.1 Å². The highest BCUT2D eigenvalue weighted by Crippen LogP contribution is 2.27. The Morgan fingerprint density at radius 3 is 2.63 bits per heavy atom. The van der Waals surface area contributed by atoms with Gasteiger partial charge in [0.15, 0.2) is 5.82 Å². The van der Waals surface area contributed by atoms with E-state index in [4.69, 9.17) is 5.11 Å². The first kappa shape index (κ1) is 14.4. The zero-order valence-electron chi connectivity index (χ0n) is 10.4. The first-order chi connectivity index (χ1) is 8.87. The Kier molecular flexibility index (Phi) is 3.89. The van der Waals surface area contributed by atoms with Gasteiger partial charge in [-0.3, -0.25) is 0 Å². The first-order valence-electron chi connectivity index (χ1n) is 5.95. The Bertz CT molecular complexity index is 589. The Morgan fingerprint density at radius 2 is 2.11 bits per heavy atom. The van der Waals surface area contributed by atoms with Crippen LogP contribution in [0.3, 0.4) is 0 Å². The first-order valence-corrected chi connectivity index (χ1v) is 7.39. The molecule has 0 bridgehead atoms. The van der Waals surface area contributed by atoms with Crippen LogP contribution in [0.4, 0.5) is 8.78 Å². The molecule has 2 rings (SSSR count). The SMILES string of the molecule is CC1CCN(S(=O)(=O)c2ccc(F)c(CO)c2F)C1. The van der Waals surface area contributed by atoms with Crippen LogP contribution in [0.1, 0.15) is 18.9 Å². The van der Waals surface area contributed by atoms with Gasteiger partial charge < -0.3 is 5.11 Å². The number of aliphatic hydroxyl groups excluding tert-OH is 1. The smallest absolute Gasteiger partial charge is 0.246 e. The highest BCUT2D eigenvalue weighted by molar-refractivity contribution is 7.89. The molecule has 0 aromatic heterocycles. The Morgan fingerprint density at radius 1 is 1.42 bits per heavy atom. The van der Waals surface area contributed by atoms with E-state index in [9.17, 15) is 17.2 Å². The molecule has 1 saturated heterocycles. The molecule has 0 radical (unpaired) electrons. The third-order valence-electron chi connectivity index (χ3n) is 3.31. The zero-order chi connectivity index (χ0) is 14.2. The second-order valence-corrected chi connectivity index (χ2v) is 6.66. The van der Waals surface area contributed by atoms with E-state index in [1.165, 1.54) is 4.31 Å². The molecular weight excluding hydrogens is 276 g/mol. The van der Waals surface area contributed by atoms with Crippen LogP contribution in [-0.4, -0.2) is 30.9 Å². The summed E-state index contributed by atoms with van der Waals surface area (Å²) in [6, 6.07) is 1.77. The number of rotatable bonds is 3. The average molecular weight is 291 g/mol. The molecule has 1 heterocycles. The summed E-state index contributed by atoms with van der Waals surface area (Å²) in [4.78, 5) is -0.577. The quantitative estimate of drug-likeness (QED) is 0.918.